The second-order valence-electron chi connectivity index (χ2n) is 3.29. The molecule has 15 heavy (non-hydrogen) atoms. The van der Waals surface area contributed by atoms with Gasteiger partial charge in [0.15, 0.2) is 10.7 Å². The predicted octanol–water partition coefficient (Wildman–Crippen LogP) is 2.21. The van der Waals surface area contributed by atoms with Crippen LogP contribution in [0.5, 0.6) is 0 Å². The summed E-state index contributed by atoms with van der Waals surface area (Å²) in [4.78, 5) is 4.63. The van der Waals surface area contributed by atoms with Crippen molar-refractivity contribution in [3.8, 4) is 0 Å². The molecule has 3 nitrogen and oxygen atoms in total. The highest BCUT2D eigenvalue weighted by Gasteiger charge is 2.09. The van der Waals surface area contributed by atoms with Crippen LogP contribution < -0.4 is 0 Å². The Balaban J connectivity index is 2.37. The second-order valence-corrected chi connectivity index (χ2v) is 5.21. The van der Waals surface area contributed by atoms with Crippen LogP contribution in [0.4, 0.5) is 0 Å². The van der Waals surface area contributed by atoms with Crippen molar-refractivity contribution in [3.05, 3.63) is 33.6 Å². The van der Waals surface area contributed by atoms with E-state index >= 15 is 0 Å². The van der Waals surface area contributed by atoms with Gasteiger partial charge in [-0.1, -0.05) is 6.08 Å². The Hall–Kier alpha value is -0.940. The van der Waals surface area contributed by atoms with Gasteiger partial charge in [-0.2, -0.15) is 0 Å². The van der Waals surface area contributed by atoms with Gasteiger partial charge in [0.05, 0.1) is 4.91 Å². The molecule has 1 aromatic heterocycles. The molecule has 2 rings (SSSR count). The zero-order valence-electron chi connectivity index (χ0n) is 8.05. The molecule has 1 aliphatic rings. The van der Waals surface area contributed by atoms with Crippen LogP contribution in [0.2, 0.25) is 0 Å². The van der Waals surface area contributed by atoms with Crippen molar-refractivity contribution in [2.24, 2.45) is 0 Å². The number of hydrogen-bond donors (Lipinski definition) is 1. The van der Waals surface area contributed by atoms with Crippen LogP contribution in [0.1, 0.15) is 24.3 Å². The van der Waals surface area contributed by atoms with E-state index in [-0.39, 0.29) is 0 Å². The van der Waals surface area contributed by atoms with Crippen LogP contribution in [0.25, 0.3) is 5.57 Å². The van der Waals surface area contributed by atoms with Crippen molar-refractivity contribution < 1.29 is 8.42 Å². The minimum Gasteiger partial charge on any atom is -0.245 e. The number of nitrogens with zero attached hydrogens (tertiary/aromatic N) is 1. The summed E-state index contributed by atoms with van der Waals surface area (Å²) in [5, 5.41) is 2.83. The van der Waals surface area contributed by atoms with Gasteiger partial charge < -0.3 is 0 Å². The molecule has 0 aliphatic heterocycles. The third-order valence-electron chi connectivity index (χ3n) is 2.24. The van der Waals surface area contributed by atoms with Crippen LogP contribution in [0, 0.1) is 0 Å². The number of rotatable bonds is 2. The largest absolute Gasteiger partial charge is 0.245 e. The Morgan fingerprint density at radius 3 is 2.93 bits per heavy atom. The molecule has 0 saturated carbocycles. The molecule has 0 aromatic carbocycles. The summed E-state index contributed by atoms with van der Waals surface area (Å²) in [7, 11) is -2.48. The summed E-state index contributed by atoms with van der Waals surface area (Å²) in [6.45, 7) is 0. The third-order valence-corrected chi connectivity index (χ3v) is 3.83. The smallest absolute Gasteiger partial charge is 0.167 e. The number of thiol groups is 1. The molecule has 0 bridgehead atoms. The Bertz CT molecular complexity index is 462. The minimum atomic E-state index is -2.48. The summed E-state index contributed by atoms with van der Waals surface area (Å²) in [6.07, 6.45) is 7.98. The van der Waals surface area contributed by atoms with Crippen molar-refractivity contribution in [1.82, 2.24) is 4.98 Å². The molecule has 0 fully saturated rings. The number of thiazole rings is 1. The monoisotopic (exact) mass is 241 g/mol. The topological polar surface area (TPSA) is 47.0 Å². The van der Waals surface area contributed by atoms with E-state index in [2.05, 4.69) is 4.98 Å². The van der Waals surface area contributed by atoms with Gasteiger partial charge in [0.1, 0.15) is 5.01 Å². The van der Waals surface area contributed by atoms with Crippen LogP contribution in [0.15, 0.2) is 28.6 Å². The fourth-order valence-electron chi connectivity index (χ4n) is 1.53. The first-order chi connectivity index (χ1) is 7.27. The highest BCUT2D eigenvalue weighted by atomic mass is 32.2. The van der Waals surface area contributed by atoms with Crippen LogP contribution in [-0.2, 0) is 10.7 Å². The zero-order valence-corrected chi connectivity index (χ0v) is 9.76. The van der Waals surface area contributed by atoms with Gasteiger partial charge in [0, 0.05) is 11.6 Å². The van der Waals surface area contributed by atoms with Gasteiger partial charge in [-0.15, -0.1) is 11.3 Å². The highest BCUT2D eigenvalue weighted by molar-refractivity contribution is 7.77. The summed E-state index contributed by atoms with van der Waals surface area (Å²) < 4.78 is 21.9. The van der Waals surface area contributed by atoms with Crippen molar-refractivity contribution in [2.45, 2.75) is 19.3 Å². The molecule has 0 saturated heterocycles. The van der Waals surface area contributed by atoms with E-state index in [9.17, 15) is 8.42 Å². The number of aromatic nitrogens is 1. The molecule has 5 heteroatoms. The van der Waals surface area contributed by atoms with Crippen molar-refractivity contribution in [3.63, 3.8) is 0 Å². The van der Waals surface area contributed by atoms with E-state index in [1.165, 1.54) is 0 Å². The molecule has 80 valence electrons. The maximum absolute atomic E-state index is 10.9. The predicted molar refractivity (Wildman–Crippen MR) is 62.3 cm³/mol. The zero-order chi connectivity index (χ0) is 10.7. The summed E-state index contributed by atoms with van der Waals surface area (Å²) in [6, 6.07) is 0. The van der Waals surface area contributed by atoms with E-state index < -0.39 is 10.7 Å². The second kappa shape index (κ2) is 4.72. The Labute approximate surface area is 94.1 Å². The molecular weight excluding hydrogens is 230 g/mol. The fraction of sp³-hybridized carbons (Fsp3) is 0.300. The Morgan fingerprint density at radius 1 is 1.40 bits per heavy atom. The summed E-state index contributed by atoms with van der Waals surface area (Å²) in [5.74, 6) is 0. The molecule has 0 spiro atoms. The van der Waals surface area contributed by atoms with Crippen LogP contribution >= 0.6 is 11.3 Å². The number of allylic oxidation sites excluding steroid dienone is 3. The van der Waals surface area contributed by atoms with Gasteiger partial charge >= 0.3 is 0 Å². The molecule has 0 atom stereocenters. The lowest BCUT2D eigenvalue weighted by atomic mass is 10.1. The van der Waals surface area contributed by atoms with Crippen LogP contribution in [0.3, 0.4) is 0 Å². The average molecular weight is 241 g/mol. The lowest BCUT2D eigenvalue weighted by molar-refractivity contribution is 0.620. The van der Waals surface area contributed by atoms with Crippen molar-refractivity contribution >= 4 is 27.6 Å². The third kappa shape index (κ3) is 2.54. The fourth-order valence-corrected chi connectivity index (χ4v) is 2.75. The lowest BCUT2D eigenvalue weighted by Crippen LogP contribution is -1.84. The summed E-state index contributed by atoms with van der Waals surface area (Å²) >= 11 is 1.55. The van der Waals surface area contributed by atoms with Crippen LogP contribution in [-0.4, -0.2) is 13.4 Å². The molecule has 0 radical (unpaired) electrons. The summed E-state index contributed by atoms with van der Waals surface area (Å²) in [5.41, 5.74) is 1.04. The van der Waals surface area contributed by atoms with Gasteiger partial charge in [-0.05, 0) is 30.9 Å². The van der Waals surface area contributed by atoms with E-state index in [1.807, 2.05) is 5.38 Å². The number of hydrogen-bond acceptors (Lipinski definition) is 4. The SMILES string of the molecule is O=[SH](=O)C1=CCCCC(c2nccs2)=C1. The van der Waals surface area contributed by atoms with E-state index in [0.717, 1.165) is 29.8 Å². The van der Waals surface area contributed by atoms with Gasteiger partial charge in [0.2, 0.25) is 0 Å². The lowest BCUT2D eigenvalue weighted by Gasteiger charge is -1.99. The van der Waals surface area contributed by atoms with Crippen molar-refractivity contribution in [1.29, 1.82) is 0 Å². The standard InChI is InChI=1S/C10H11NO2S2/c12-15(13)9-4-2-1-3-8(7-9)10-11-5-6-14-10/h4-7,15H,1-3H2. The molecule has 0 N–H and O–H groups in total. The molecule has 1 aromatic rings. The highest BCUT2D eigenvalue weighted by Crippen LogP contribution is 2.27. The van der Waals surface area contributed by atoms with E-state index in [4.69, 9.17) is 0 Å². The molecule has 1 heterocycles. The normalized spacial score (nSPS) is 17.1. The Kier molecular flexibility index (Phi) is 3.33. The maximum atomic E-state index is 10.9. The Morgan fingerprint density at radius 2 is 2.27 bits per heavy atom. The average Bonchev–Trinajstić information content (AvgIpc) is 2.62. The maximum Gasteiger partial charge on any atom is 0.167 e. The van der Waals surface area contributed by atoms with E-state index in [1.54, 1.807) is 29.7 Å². The van der Waals surface area contributed by atoms with Gasteiger partial charge in [0.25, 0.3) is 0 Å². The molecule has 1 aliphatic carbocycles. The molecule has 0 unspecified atom stereocenters. The quantitative estimate of drug-likeness (QED) is 0.807. The molecule has 0 amide bonds. The van der Waals surface area contributed by atoms with E-state index in [0.29, 0.717) is 4.91 Å². The minimum absolute atomic E-state index is 0.424. The van der Waals surface area contributed by atoms with Gasteiger partial charge in [-0.3, -0.25) is 0 Å². The van der Waals surface area contributed by atoms with Crippen molar-refractivity contribution in [2.75, 3.05) is 0 Å². The van der Waals surface area contributed by atoms with Gasteiger partial charge in [-0.25, -0.2) is 13.4 Å². The first-order valence-corrected chi connectivity index (χ1v) is 6.78. The first kappa shape index (κ1) is 10.6. The molecular formula is C10H11NO2S2. The first-order valence-electron chi connectivity index (χ1n) is 4.72.